The monoisotopic (exact) mass is 300 g/mol. The van der Waals surface area contributed by atoms with E-state index in [2.05, 4.69) is 0 Å². The predicted molar refractivity (Wildman–Crippen MR) is 82.0 cm³/mol. The van der Waals surface area contributed by atoms with E-state index in [9.17, 15) is 5.11 Å². The summed E-state index contributed by atoms with van der Waals surface area (Å²) < 4.78 is 16.4. The second-order valence-corrected chi connectivity index (χ2v) is 7.17. The van der Waals surface area contributed by atoms with Gasteiger partial charge < -0.3 is 19.3 Å². The standard InChI is InChI=1S/C17H32O4/c1-17(2,18)15-8-4-7-14-13(15)6-5-9-16(14)21-12-20-11-10-19-3/h13-16,18H,4-12H2,1-3H3/t13?,14?,15-,16-/m0/s1. The fourth-order valence-corrected chi connectivity index (χ4v) is 4.37. The SMILES string of the molecule is COCCOCO[C@H]1CCCC2C1CCC[C@@H]2C(C)(C)O. The average molecular weight is 300 g/mol. The Labute approximate surface area is 129 Å². The molecular weight excluding hydrogens is 268 g/mol. The molecule has 1 N–H and O–H groups in total. The van der Waals surface area contributed by atoms with Crippen molar-refractivity contribution in [3.05, 3.63) is 0 Å². The molecule has 0 aromatic heterocycles. The maximum atomic E-state index is 10.5. The fourth-order valence-electron chi connectivity index (χ4n) is 4.37. The molecule has 21 heavy (non-hydrogen) atoms. The van der Waals surface area contributed by atoms with Crippen LogP contribution in [0.3, 0.4) is 0 Å². The third kappa shape index (κ3) is 4.65. The Morgan fingerprint density at radius 1 is 1.00 bits per heavy atom. The topological polar surface area (TPSA) is 47.9 Å². The van der Waals surface area contributed by atoms with E-state index in [4.69, 9.17) is 14.2 Å². The minimum atomic E-state index is -0.569. The molecular formula is C17H32O4. The molecule has 0 aromatic carbocycles. The zero-order valence-corrected chi connectivity index (χ0v) is 13.8. The molecule has 0 spiro atoms. The first-order chi connectivity index (χ1) is 10.0. The first kappa shape index (κ1) is 17.2. The maximum Gasteiger partial charge on any atom is 0.147 e. The van der Waals surface area contributed by atoms with Crippen molar-refractivity contribution in [3.63, 3.8) is 0 Å². The van der Waals surface area contributed by atoms with Gasteiger partial charge in [0.1, 0.15) is 6.79 Å². The molecule has 0 heterocycles. The largest absolute Gasteiger partial charge is 0.390 e. The van der Waals surface area contributed by atoms with Gasteiger partial charge in [0.25, 0.3) is 0 Å². The van der Waals surface area contributed by atoms with Crippen LogP contribution in [0.2, 0.25) is 0 Å². The van der Waals surface area contributed by atoms with E-state index in [1.54, 1.807) is 7.11 Å². The molecule has 2 unspecified atom stereocenters. The van der Waals surface area contributed by atoms with E-state index in [1.165, 1.54) is 25.7 Å². The molecule has 124 valence electrons. The number of hydrogen-bond acceptors (Lipinski definition) is 4. The van der Waals surface area contributed by atoms with Crippen LogP contribution in [0.5, 0.6) is 0 Å². The van der Waals surface area contributed by atoms with E-state index < -0.39 is 5.60 Å². The summed E-state index contributed by atoms with van der Waals surface area (Å²) in [5.74, 6) is 1.61. The molecule has 2 aliphatic carbocycles. The third-order valence-electron chi connectivity index (χ3n) is 5.33. The van der Waals surface area contributed by atoms with E-state index in [0.717, 1.165) is 12.8 Å². The van der Waals surface area contributed by atoms with Crippen molar-refractivity contribution in [3.8, 4) is 0 Å². The highest BCUT2D eigenvalue weighted by Crippen LogP contribution is 2.48. The Kier molecular flexibility index (Phi) is 6.48. The summed E-state index contributed by atoms with van der Waals surface area (Å²) in [7, 11) is 1.68. The first-order valence-corrected chi connectivity index (χ1v) is 8.44. The van der Waals surface area contributed by atoms with Crippen LogP contribution in [-0.2, 0) is 14.2 Å². The van der Waals surface area contributed by atoms with Crippen molar-refractivity contribution in [2.24, 2.45) is 17.8 Å². The summed E-state index contributed by atoms with van der Waals surface area (Å²) in [6.45, 7) is 5.51. The van der Waals surface area contributed by atoms with Crippen LogP contribution < -0.4 is 0 Å². The molecule has 0 aliphatic heterocycles. The number of fused-ring (bicyclic) bond motifs is 1. The van der Waals surface area contributed by atoms with Gasteiger partial charge in [-0.25, -0.2) is 0 Å². The lowest BCUT2D eigenvalue weighted by atomic mass is 9.60. The number of methoxy groups -OCH3 is 1. The Morgan fingerprint density at radius 2 is 1.71 bits per heavy atom. The molecule has 4 nitrogen and oxygen atoms in total. The van der Waals surface area contributed by atoms with Crippen LogP contribution in [0.1, 0.15) is 52.4 Å². The fraction of sp³-hybridized carbons (Fsp3) is 1.00. The van der Waals surface area contributed by atoms with Gasteiger partial charge in [-0.2, -0.15) is 0 Å². The summed E-state index contributed by atoms with van der Waals surface area (Å²) >= 11 is 0. The highest BCUT2D eigenvalue weighted by Gasteiger charge is 2.45. The molecule has 0 amide bonds. The Balaban J connectivity index is 1.86. The highest BCUT2D eigenvalue weighted by atomic mass is 16.7. The molecule has 2 rings (SSSR count). The second kappa shape index (κ2) is 7.91. The van der Waals surface area contributed by atoms with Crippen molar-refractivity contribution >= 4 is 0 Å². The molecule has 2 fully saturated rings. The molecule has 0 bridgehead atoms. The van der Waals surface area contributed by atoms with Crippen LogP contribution in [0.4, 0.5) is 0 Å². The van der Waals surface area contributed by atoms with E-state index >= 15 is 0 Å². The van der Waals surface area contributed by atoms with Crippen molar-refractivity contribution in [2.75, 3.05) is 27.1 Å². The summed E-state index contributed by atoms with van der Waals surface area (Å²) in [4.78, 5) is 0. The van der Waals surface area contributed by atoms with Gasteiger partial charge in [-0.3, -0.25) is 0 Å². The van der Waals surface area contributed by atoms with Gasteiger partial charge >= 0.3 is 0 Å². The summed E-state index contributed by atoms with van der Waals surface area (Å²) in [6.07, 6.45) is 7.48. The average Bonchev–Trinajstić information content (AvgIpc) is 2.45. The lowest BCUT2D eigenvalue weighted by molar-refractivity contribution is -0.153. The van der Waals surface area contributed by atoms with Gasteiger partial charge in [-0.1, -0.05) is 12.8 Å². The molecule has 2 saturated carbocycles. The van der Waals surface area contributed by atoms with Crippen LogP contribution in [-0.4, -0.2) is 43.9 Å². The Bertz CT molecular complexity index is 300. The van der Waals surface area contributed by atoms with Crippen molar-refractivity contribution in [2.45, 2.75) is 64.1 Å². The van der Waals surface area contributed by atoms with Crippen LogP contribution in [0, 0.1) is 17.8 Å². The van der Waals surface area contributed by atoms with Gasteiger partial charge in [0.05, 0.1) is 24.9 Å². The van der Waals surface area contributed by atoms with Gasteiger partial charge in [-0.05, 0) is 57.3 Å². The van der Waals surface area contributed by atoms with Gasteiger partial charge in [0.2, 0.25) is 0 Å². The van der Waals surface area contributed by atoms with Gasteiger partial charge in [-0.15, -0.1) is 0 Å². The lowest BCUT2D eigenvalue weighted by Gasteiger charge is -2.48. The zero-order valence-electron chi connectivity index (χ0n) is 13.8. The van der Waals surface area contributed by atoms with Crippen molar-refractivity contribution < 1.29 is 19.3 Å². The molecule has 2 aliphatic rings. The summed E-state index contributed by atoms with van der Waals surface area (Å²) in [5.41, 5.74) is -0.569. The number of aliphatic hydroxyl groups is 1. The number of rotatable bonds is 7. The smallest absolute Gasteiger partial charge is 0.147 e. The van der Waals surface area contributed by atoms with E-state index in [-0.39, 0.29) is 0 Å². The second-order valence-electron chi connectivity index (χ2n) is 7.17. The Morgan fingerprint density at radius 3 is 2.43 bits per heavy atom. The molecule has 0 radical (unpaired) electrons. The molecule has 0 aromatic rings. The van der Waals surface area contributed by atoms with Crippen molar-refractivity contribution in [1.82, 2.24) is 0 Å². The molecule has 4 atom stereocenters. The van der Waals surface area contributed by atoms with Crippen LogP contribution >= 0.6 is 0 Å². The lowest BCUT2D eigenvalue weighted by Crippen LogP contribution is -2.47. The minimum Gasteiger partial charge on any atom is -0.390 e. The van der Waals surface area contributed by atoms with Gasteiger partial charge in [0.15, 0.2) is 0 Å². The quantitative estimate of drug-likeness (QED) is 0.580. The molecule has 4 heteroatoms. The zero-order chi connectivity index (χ0) is 15.3. The highest BCUT2D eigenvalue weighted by molar-refractivity contribution is 4.95. The maximum absolute atomic E-state index is 10.5. The number of hydrogen-bond donors (Lipinski definition) is 1. The minimum absolute atomic E-state index is 0.302. The van der Waals surface area contributed by atoms with Gasteiger partial charge in [0, 0.05) is 7.11 Å². The first-order valence-electron chi connectivity index (χ1n) is 8.44. The van der Waals surface area contributed by atoms with E-state index in [1.807, 2.05) is 13.8 Å². The third-order valence-corrected chi connectivity index (χ3v) is 5.33. The van der Waals surface area contributed by atoms with Crippen LogP contribution in [0.15, 0.2) is 0 Å². The van der Waals surface area contributed by atoms with E-state index in [0.29, 0.717) is 43.9 Å². The summed E-state index contributed by atoms with van der Waals surface area (Å²) in [6, 6.07) is 0. The number of ether oxygens (including phenoxy) is 3. The Hall–Kier alpha value is -0.160. The predicted octanol–water partition coefficient (Wildman–Crippen LogP) is 2.98. The van der Waals surface area contributed by atoms with Crippen LogP contribution in [0.25, 0.3) is 0 Å². The summed E-state index contributed by atoms with van der Waals surface area (Å²) in [5, 5.41) is 10.5. The normalized spacial score (nSPS) is 33.7. The molecule has 0 saturated heterocycles. The van der Waals surface area contributed by atoms with Crippen molar-refractivity contribution in [1.29, 1.82) is 0 Å².